The zero-order valence-corrected chi connectivity index (χ0v) is 9.92. The van der Waals surface area contributed by atoms with Gasteiger partial charge in [-0.2, -0.15) is 5.26 Å². The van der Waals surface area contributed by atoms with Gasteiger partial charge < -0.3 is 5.11 Å². The SMILES string of the molecule is N#CCS(=O)(=O)Nc1cc(Cl)ccc1C(=O)O. The third-order valence-corrected chi connectivity index (χ3v) is 3.01. The van der Waals surface area contributed by atoms with Crippen LogP contribution >= 0.6 is 11.6 Å². The van der Waals surface area contributed by atoms with E-state index in [1.54, 1.807) is 0 Å². The van der Waals surface area contributed by atoms with Crippen LogP contribution in [0.1, 0.15) is 10.4 Å². The van der Waals surface area contributed by atoms with Crippen molar-refractivity contribution in [2.75, 3.05) is 10.5 Å². The lowest BCUT2D eigenvalue weighted by Crippen LogP contribution is -2.17. The van der Waals surface area contributed by atoms with Gasteiger partial charge in [-0.25, -0.2) is 13.2 Å². The summed E-state index contributed by atoms with van der Waals surface area (Å²) < 4.78 is 24.6. The Morgan fingerprint density at radius 1 is 1.53 bits per heavy atom. The monoisotopic (exact) mass is 274 g/mol. The second-order valence-corrected chi connectivity index (χ2v) is 5.17. The molecule has 0 radical (unpaired) electrons. The Bertz CT molecular complexity index is 592. The molecular formula is C9H7ClN2O4S. The third kappa shape index (κ3) is 3.62. The molecular weight excluding hydrogens is 268 g/mol. The summed E-state index contributed by atoms with van der Waals surface area (Å²) >= 11 is 5.63. The molecule has 8 heteroatoms. The molecule has 2 N–H and O–H groups in total. The number of nitriles is 1. The number of carbonyl (C=O) groups is 1. The van der Waals surface area contributed by atoms with Gasteiger partial charge in [-0.15, -0.1) is 0 Å². The Morgan fingerprint density at radius 3 is 2.71 bits per heavy atom. The first kappa shape index (κ1) is 13.3. The van der Waals surface area contributed by atoms with Crippen LogP contribution in [0.5, 0.6) is 0 Å². The number of hydrogen-bond acceptors (Lipinski definition) is 4. The Labute approximate surface area is 102 Å². The number of nitrogens with one attached hydrogen (secondary N) is 1. The van der Waals surface area contributed by atoms with E-state index in [2.05, 4.69) is 0 Å². The summed E-state index contributed by atoms with van der Waals surface area (Å²) in [6, 6.07) is 5.13. The van der Waals surface area contributed by atoms with Crippen molar-refractivity contribution in [3.63, 3.8) is 0 Å². The van der Waals surface area contributed by atoms with Gasteiger partial charge in [0.2, 0.25) is 10.0 Å². The van der Waals surface area contributed by atoms with Gasteiger partial charge in [0.1, 0.15) is 0 Å². The minimum atomic E-state index is -3.89. The summed E-state index contributed by atoms with van der Waals surface area (Å²) in [6.07, 6.45) is 0. The van der Waals surface area contributed by atoms with Crippen LogP contribution in [0, 0.1) is 11.3 Å². The van der Waals surface area contributed by atoms with E-state index in [-0.39, 0.29) is 16.3 Å². The molecule has 0 spiro atoms. The highest BCUT2D eigenvalue weighted by atomic mass is 35.5. The first-order chi connectivity index (χ1) is 7.85. The molecule has 17 heavy (non-hydrogen) atoms. The summed E-state index contributed by atoms with van der Waals surface area (Å²) in [5.74, 6) is -2.06. The molecule has 0 aromatic heterocycles. The fraction of sp³-hybridized carbons (Fsp3) is 0.111. The lowest BCUT2D eigenvalue weighted by molar-refractivity contribution is 0.0698. The van der Waals surface area contributed by atoms with Crippen LogP contribution in [0.4, 0.5) is 5.69 Å². The van der Waals surface area contributed by atoms with Gasteiger partial charge in [0.15, 0.2) is 5.75 Å². The number of carboxylic acids is 1. The average molecular weight is 275 g/mol. The molecule has 1 aromatic rings. The quantitative estimate of drug-likeness (QED) is 0.860. The molecule has 1 rings (SSSR count). The molecule has 0 saturated heterocycles. The van der Waals surface area contributed by atoms with Crippen molar-refractivity contribution in [1.82, 2.24) is 0 Å². The van der Waals surface area contributed by atoms with E-state index in [0.717, 1.165) is 0 Å². The first-order valence-electron chi connectivity index (χ1n) is 4.26. The van der Waals surface area contributed by atoms with Crippen molar-refractivity contribution < 1.29 is 18.3 Å². The van der Waals surface area contributed by atoms with Gasteiger partial charge in [-0.05, 0) is 18.2 Å². The molecule has 0 atom stereocenters. The minimum absolute atomic E-state index is 0.166. The van der Waals surface area contributed by atoms with Crippen LogP contribution in [-0.2, 0) is 10.0 Å². The fourth-order valence-electron chi connectivity index (χ4n) is 1.08. The number of nitrogens with zero attached hydrogens (tertiary/aromatic N) is 1. The number of halogens is 1. The lowest BCUT2D eigenvalue weighted by Gasteiger charge is -2.08. The topological polar surface area (TPSA) is 107 Å². The van der Waals surface area contributed by atoms with Crippen molar-refractivity contribution in [3.05, 3.63) is 28.8 Å². The smallest absolute Gasteiger partial charge is 0.337 e. The number of benzene rings is 1. The van der Waals surface area contributed by atoms with Gasteiger partial charge in [-0.3, -0.25) is 4.72 Å². The highest BCUT2D eigenvalue weighted by Crippen LogP contribution is 2.22. The third-order valence-electron chi connectivity index (χ3n) is 1.73. The number of anilines is 1. The Kier molecular flexibility index (Phi) is 3.93. The Balaban J connectivity index is 3.18. The standard InChI is InChI=1S/C9H7ClN2O4S/c10-6-1-2-7(9(13)14)8(5-6)12-17(15,16)4-3-11/h1-2,5,12H,4H2,(H,13,14). The Hall–Kier alpha value is -1.78. The predicted molar refractivity (Wildman–Crippen MR) is 61.4 cm³/mol. The first-order valence-corrected chi connectivity index (χ1v) is 6.29. The number of hydrogen-bond donors (Lipinski definition) is 2. The summed E-state index contributed by atoms with van der Waals surface area (Å²) in [6.45, 7) is 0. The van der Waals surface area contributed by atoms with Crippen molar-refractivity contribution in [3.8, 4) is 6.07 Å². The zero-order chi connectivity index (χ0) is 13.1. The second kappa shape index (κ2) is 5.03. The van der Waals surface area contributed by atoms with E-state index in [1.165, 1.54) is 24.3 Å². The van der Waals surface area contributed by atoms with Gasteiger partial charge in [0, 0.05) is 5.02 Å². The normalized spacial score (nSPS) is 10.6. The van der Waals surface area contributed by atoms with Crippen LogP contribution in [0.3, 0.4) is 0 Å². The minimum Gasteiger partial charge on any atom is -0.478 e. The van der Waals surface area contributed by atoms with E-state index in [9.17, 15) is 13.2 Å². The molecule has 0 fully saturated rings. The van der Waals surface area contributed by atoms with Crippen molar-refractivity contribution in [2.24, 2.45) is 0 Å². The molecule has 0 aliphatic heterocycles. The summed E-state index contributed by atoms with van der Waals surface area (Å²) in [5, 5.41) is 17.3. The summed E-state index contributed by atoms with van der Waals surface area (Å²) in [4.78, 5) is 10.8. The molecule has 6 nitrogen and oxygen atoms in total. The number of rotatable bonds is 4. The second-order valence-electron chi connectivity index (χ2n) is 3.01. The van der Waals surface area contributed by atoms with Crippen LogP contribution in [0.15, 0.2) is 18.2 Å². The number of sulfonamides is 1. The zero-order valence-electron chi connectivity index (χ0n) is 8.34. The van der Waals surface area contributed by atoms with Crippen molar-refractivity contribution in [1.29, 1.82) is 5.26 Å². The number of aromatic carboxylic acids is 1. The Morgan fingerprint density at radius 2 is 2.18 bits per heavy atom. The highest BCUT2D eigenvalue weighted by molar-refractivity contribution is 7.92. The maximum absolute atomic E-state index is 11.3. The highest BCUT2D eigenvalue weighted by Gasteiger charge is 2.16. The maximum Gasteiger partial charge on any atom is 0.337 e. The van der Waals surface area contributed by atoms with Gasteiger partial charge in [-0.1, -0.05) is 11.6 Å². The van der Waals surface area contributed by atoms with E-state index in [1.807, 2.05) is 4.72 Å². The maximum atomic E-state index is 11.3. The largest absolute Gasteiger partial charge is 0.478 e. The molecule has 0 unspecified atom stereocenters. The molecule has 90 valence electrons. The predicted octanol–water partition coefficient (Wildman–Crippen LogP) is 1.30. The van der Waals surface area contributed by atoms with E-state index in [0.29, 0.717) is 0 Å². The summed E-state index contributed by atoms with van der Waals surface area (Å²) in [7, 11) is -3.89. The molecule has 1 aromatic carbocycles. The van der Waals surface area contributed by atoms with Crippen molar-refractivity contribution >= 4 is 33.3 Å². The van der Waals surface area contributed by atoms with E-state index < -0.39 is 21.7 Å². The molecule has 0 heterocycles. The molecule has 0 aliphatic rings. The van der Waals surface area contributed by atoms with Crippen LogP contribution in [0.25, 0.3) is 0 Å². The van der Waals surface area contributed by atoms with Crippen LogP contribution < -0.4 is 4.72 Å². The molecule has 0 bridgehead atoms. The molecule has 0 aliphatic carbocycles. The van der Waals surface area contributed by atoms with Crippen LogP contribution in [0.2, 0.25) is 5.02 Å². The van der Waals surface area contributed by atoms with E-state index >= 15 is 0 Å². The van der Waals surface area contributed by atoms with Gasteiger partial charge in [0.05, 0.1) is 17.3 Å². The summed E-state index contributed by atoms with van der Waals surface area (Å²) in [5.41, 5.74) is -0.406. The van der Waals surface area contributed by atoms with Gasteiger partial charge >= 0.3 is 5.97 Å². The lowest BCUT2D eigenvalue weighted by atomic mass is 10.2. The van der Waals surface area contributed by atoms with E-state index in [4.69, 9.17) is 22.0 Å². The molecule has 0 amide bonds. The van der Waals surface area contributed by atoms with Gasteiger partial charge in [0.25, 0.3) is 0 Å². The number of carboxylic acid groups (broad SMARTS) is 1. The molecule has 0 saturated carbocycles. The van der Waals surface area contributed by atoms with Crippen LogP contribution in [-0.4, -0.2) is 25.2 Å². The van der Waals surface area contributed by atoms with Crippen molar-refractivity contribution in [2.45, 2.75) is 0 Å². The average Bonchev–Trinajstić information content (AvgIpc) is 2.15. The fourth-order valence-corrected chi connectivity index (χ4v) is 1.99.